The number of carbonyl (C=O) groups is 2. The molecule has 3 aromatic rings. The monoisotopic (exact) mass is 408 g/mol. The summed E-state index contributed by atoms with van der Waals surface area (Å²) in [6.45, 7) is 5.38. The molecule has 7 heteroatoms. The third-order valence-corrected chi connectivity index (χ3v) is 5.58. The fourth-order valence-electron chi connectivity index (χ4n) is 3.80. The molecule has 0 atom stereocenters. The number of fused-ring (bicyclic) bond motifs is 1. The summed E-state index contributed by atoms with van der Waals surface area (Å²) >= 11 is 0. The zero-order valence-electron chi connectivity index (χ0n) is 17.2. The van der Waals surface area contributed by atoms with Gasteiger partial charge in [-0.1, -0.05) is 29.8 Å². The number of hydrogen-bond donors (Lipinski definition) is 1. The molecule has 1 aromatic heterocycles. The van der Waals surface area contributed by atoms with Crippen molar-refractivity contribution in [1.82, 2.24) is 14.4 Å². The van der Waals surface area contributed by atoms with E-state index in [0.717, 1.165) is 19.6 Å². The molecule has 0 unspecified atom stereocenters. The van der Waals surface area contributed by atoms with Crippen molar-refractivity contribution in [2.75, 3.05) is 31.5 Å². The summed E-state index contributed by atoms with van der Waals surface area (Å²) in [5, 5.41) is 3.12. The molecular formula is C23H25FN4O2. The predicted molar refractivity (Wildman–Crippen MR) is 115 cm³/mol. The van der Waals surface area contributed by atoms with Crippen molar-refractivity contribution >= 4 is 28.4 Å². The first kappa shape index (κ1) is 20.1. The highest BCUT2D eigenvalue weighted by Crippen LogP contribution is 2.23. The predicted octanol–water partition coefficient (Wildman–Crippen LogP) is 2.91. The van der Waals surface area contributed by atoms with Crippen LogP contribution in [0.3, 0.4) is 0 Å². The van der Waals surface area contributed by atoms with Crippen LogP contribution in [0.1, 0.15) is 11.1 Å². The van der Waals surface area contributed by atoms with Crippen LogP contribution in [-0.4, -0.2) is 52.4 Å². The summed E-state index contributed by atoms with van der Waals surface area (Å²) < 4.78 is 15.4. The van der Waals surface area contributed by atoms with Gasteiger partial charge >= 0.3 is 11.8 Å². The van der Waals surface area contributed by atoms with Gasteiger partial charge in [0, 0.05) is 57.0 Å². The number of nitrogens with zero attached hydrogens (tertiary/aromatic N) is 3. The van der Waals surface area contributed by atoms with Crippen molar-refractivity contribution < 1.29 is 14.0 Å². The molecule has 1 N–H and O–H groups in total. The van der Waals surface area contributed by atoms with Crippen molar-refractivity contribution in [3.05, 3.63) is 65.6 Å². The van der Waals surface area contributed by atoms with E-state index in [-0.39, 0.29) is 5.82 Å². The highest BCUT2D eigenvalue weighted by atomic mass is 19.1. The van der Waals surface area contributed by atoms with E-state index in [1.165, 1.54) is 17.3 Å². The molecule has 4 rings (SSSR count). The summed E-state index contributed by atoms with van der Waals surface area (Å²) in [4.78, 5) is 28.9. The van der Waals surface area contributed by atoms with E-state index >= 15 is 0 Å². The number of halogens is 1. The third kappa shape index (κ3) is 4.21. The molecule has 0 bridgehead atoms. The van der Waals surface area contributed by atoms with E-state index in [9.17, 15) is 14.0 Å². The Morgan fingerprint density at radius 2 is 1.73 bits per heavy atom. The molecular weight excluding hydrogens is 383 g/mol. The zero-order chi connectivity index (χ0) is 21.3. The van der Waals surface area contributed by atoms with Crippen LogP contribution >= 0.6 is 0 Å². The molecule has 1 saturated heterocycles. The largest absolute Gasteiger partial charge is 0.348 e. The molecule has 1 fully saturated rings. The normalized spacial score (nSPS) is 14.8. The van der Waals surface area contributed by atoms with Gasteiger partial charge in [0.2, 0.25) is 0 Å². The van der Waals surface area contributed by atoms with E-state index in [0.29, 0.717) is 29.7 Å². The third-order valence-electron chi connectivity index (χ3n) is 5.58. The van der Waals surface area contributed by atoms with Crippen molar-refractivity contribution in [2.45, 2.75) is 13.5 Å². The van der Waals surface area contributed by atoms with Gasteiger partial charge in [0.05, 0.1) is 5.52 Å². The maximum Gasteiger partial charge on any atom is 0.313 e. The minimum Gasteiger partial charge on any atom is -0.348 e. The minimum absolute atomic E-state index is 0.315. The van der Waals surface area contributed by atoms with Gasteiger partial charge in [-0.05, 0) is 30.7 Å². The lowest BCUT2D eigenvalue weighted by Crippen LogP contribution is -2.51. The number of carbonyl (C=O) groups excluding carboxylic acids is 2. The molecule has 6 nitrogen and oxygen atoms in total. The first-order valence-electron chi connectivity index (χ1n) is 10.0. The molecule has 0 aliphatic carbocycles. The summed E-state index contributed by atoms with van der Waals surface area (Å²) in [7, 11) is 1.73. The Balaban J connectivity index is 1.33. The van der Waals surface area contributed by atoms with E-state index in [2.05, 4.69) is 41.4 Å². The lowest BCUT2D eigenvalue weighted by atomic mass is 10.1. The van der Waals surface area contributed by atoms with Crippen molar-refractivity contribution in [2.24, 2.45) is 7.05 Å². The lowest BCUT2D eigenvalue weighted by Gasteiger charge is -2.34. The second-order valence-corrected chi connectivity index (χ2v) is 7.83. The summed E-state index contributed by atoms with van der Waals surface area (Å²) in [5.41, 5.74) is 3.60. The Labute approximate surface area is 174 Å². The minimum atomic E-state index is -0.670. The fraction of sp³-hybridized carbons (Fsp3) is 0.304. The van der Waals surface area contributed by atoms with Crippen LogP contribution in [0.4, 0.5) is 10.1 Å². The number of benzene rings is 2. The molecule has 2 heterocycles. The summed E-state index contributed by atoms with van der Waals surface area (Å²) in [6.07, 6.45) is 1.39. The number of nitrogens with one attached hydrogen (secondary N) is 1. The average Bonchev–Trinajstić information content (AvgIpc) is 3.03. The first-order valence-corrected chi connectivity index (χ1v) is 10.0. The van der Waals surface area contributed by atoms with Crippen LogP contribution < -0.4 is 5.32 Å². The molecule has 0 radical (unpaired) electrons. The summed E-state index contributed by atoms with van der Waals surface area (Å²) in [6, 6.07) is 13.3. The maximum absolute atomic E-state index is 13.8. The van der Waals surface area contributed by atoms with E-state index in [4.69, 9.17) is 0 Å². The van der Waals surface area contributed by atoms with Crippen molar-refractivity contribution in [1.29, 1.82) is 0 Å². The molecule has 2 amide bonds. The second kappa shape index (κ2) is 8.28. The molecule has 0 saturated carbocycles. The van der Waals surface area contributed by atoms with E-state index < -0.39 is 11.8 Å². The van der Waals surface area contributed by atoms with Gasteiger partial charge < -0.3 is 14.8 Å². The topological polar surface area (TPSA) is 57.6 Å². The number of aromatic nitrogens is 1. The standard InChI is InChI=1S/C23H25FN4O2/c1-16-3-5-17(6-4-16)14-27-9-11-28(12-10-27)23(30)22(29)25-18-7-8-19-20(24)15-26(2)21(19)13-18/h3-8,13,15H,9-12,14H2,1-2H3,(H,25,29). The van der Waals surface area contributed by atoms with E-state index in [1.807, 2.05) is 0 Å². The van der Waals surface area contributed by atoms with Gasteiger partial charge in [-0.3, -0.25) is 14.5 Å². The number of piperazine rings is 1. The quantitative estimate of drug-likeness (QED) is 0.678. The van der Waals surface area contributed by atoms with Gasteiger partial charge in [0.15, 0.2) is 0 Å². The number of rotatable bonds is 3. The van der Waals surface area contributed by atoms with E-state index in [1.54, 1.807) is 34.7 Å². The summed E-state index contributed by atoms with van der Waals surface area (Å²) in [5.74, 6) is -1.52. The highest BCUT2D eigenvalue weighted by molar-refractivity contribution is 6.39. The molecule has 1 aliphatic heterocycles. The molecule has 30 heavy (non-hydrogen) atoms. The molecule has 156 valence electrons. The number of aryl methyl sites for hydroxylation is 2. The Kier molecular flexibility index (Phi) is 5.55. The van der Waals surface area contributed by atoms with Crippen LogP contribution in [0.5, 0.6) is 0 Å². The van der Waals surface area contributed by atoms with Crippen LogP contribution in [-0.2, 0) is 23.2 Å². The number of anilines is 1. The van der Waals surface area contributed by atoms with Crippen LogP contribution in [0.15, 0.2) is 48.7 Å². The Morgan fingerprint density at radius 3 is 2.43 bits per heavy atom. The van der Waals surface area contributed by atoms with Gasteiger partial charge in [-0.25, -0.2) is 4.39 Å². The maximum atomic E-state index is 13.8. The van der Waals surface area contributed by atoms with Crippen LogP contribution in [0.25, 0.3) is 10.9 Å². The SMILES string of the molecule is Cc1ccc(CN2CCN(C(=O)C(=O)Nc3ccc4c(F)cn(C)c4c3)CC2)cc1. The Hall–Kier alpha value is -3.19. The smallest absolute Gasteiger partial charge is 0.313 e. The highest BCUT2D eigenvalue weighted by Gasteiger charge is 2.26. The average molecular weight is 408 g/mol. The van der Waals surface area contributed by atoms with Crippen LogP contribution in [0.2, 0.25) is 0 Å². The first-order chi connectivity index (χ1) is 14.4. The number of amides is 2. The van der Waals surface area contributed by atoms with Crippen molar-refractivity contribution in [3.63, 3.8) is 0 Å². The lowest BCUT2D eigenvalue weighted by molar-refractivity contribution is -0.144. The van der Waals surface area contributed by atoms with Gasteiger partial charge in [0.25, 0.3) is 0 Å². The van der Waals surface area contributed by atoms with Gasteiger partial charge in [-0.2, -0.15) is 0 Å². The fourth-order valence-corrected chi connectivity index (χ4v) is 3.80. The van der Waals surface area contributed by atoms with Gasteiger partial charge in [-0.15, -0.1) is 0 Å². The number of hydrogen-bond acceptors (Lipinski definition) is 3. The Morgan fingerprint density at radius 1 is 1.03 bits per heavy atom. The Bertz CT molecular complexity index is 1080. The zero-order valence-corrected chi connectivity index (χ0v) is 17.2. The van der Waals surface area contributed by atoms with Gasteiger partial charge in [0.1, 0.15) is 5.82 Å². The van der Waals surface area contributed by atoms with Crippen LogP contribution in [0, 0.1) is 12.7 Å². The molecule has 2 aromatic carbocycles. The van der Waals surface area contributed by atoms with Crippen molar-refractivity contribution in [3.8, 4) is 0 Å². The second-order valence-electron chi connectivity index (χ2n) is 7.83. The molecule has 0 spiro atoms. The molecule has 1 aliphatic rings.